The second-order valence-corrected chi connectivity index (χ2v) is 3.97. The summed E-state index contributed by atoms with van der Waals surface area (Å²) in [5.41, 5.74) is 6.64. The Bertz CT molecular complexity index is 634. The second kappa shape index (κ2) is 3.91. The minimum atomic E-state index is 0.318. The van der Waals surface area contributed by atoms with Gasteiger partial charge in [-0.25, -0.2) is 9.97 Å². The number of anilines is 1. The van der Waals surface area contributed by atoms with Crippen LogP contribution in [0.15, 0.2) is 28.5 Å². The fraction of sp³-hybridized carbons (Fsp3) is 0. The molecule has 3 rings (SSSR count). The highest BCUT2D eigenvalue weighted by Crippen LogP contribution is 2.23. The van der Waals surface area contributed by atoms with Crippen molar-refractivity contribution < 1.29 is 4.52 Å². The van der Waals surface area contributed by atoms with E-state index in [1.54, 1.807) is 24.0 Å². The van der Waals surface area contributed by atoms with Gasteiger partial charge in [-0.05, 0) is 0 Å². The molecule has 0 fully saturated rings. The Morgan fingerprint density at radius 2 is 2.12 bits per heavy atom. The van der Waals surface area contributed by atoms with Crippen molar-refractivity contribution in [3.63, 3.8) is 0 Å². The normalized spacial score (nSPS) is 10.6. The van der Waals surface area contributed by atoms with Crippen molar-refractivity contribution in [2.45, 2.75) is 0 Å². The van der Waals surface area contributed by atoms with Crippen molar-refractivity contribution in [3.8, 4) is 23.1 Å². The van der Waals surface area contributed by atoms with Crippen LogP contribution in [0.3, 0.4) is 0 Å². The van der Waals surface area contributed by atoms with Crippen molar-refractivity contribution in [2.24, 2.45) is 0 Å². The Morgan fingerprint density at radius 1 is 1.18 bits per heavy atom. The van der Waals surface area contributed by atoms with Crippen molar-refractivity contribution in [1.29, 1.82) is 0 Å². The summed E-state index contributed by atoms with van der Waals surface area (Å²) >= 11 is 1.32. The zero-order chi connectivity index (χ0) is 11.7. The van der Waals surface area contributed by atoms with Gasteiger partial charge >= 0.3 is 0 Å². The SMILES string of the molecule is Nc1nc(-c2nc(-c3cnccn3)no2)cs1. The van der Waals surface area contributed by atoms with E-state index in [4.69, 9.17) is 10.3 Å². The lowest BCUT2D eigenvalue weighted by Gasteiger charge is -1.88. The van der Waals surface area contributed by atoms with E-state index < -0.39 is 0 Å². The topological polar surface area (TPSA) is 104 Å². The number of hydrogen-bond donors (Lipinski definition) is 1. The van der Waals surface area contributed by atoms with Crippen molar-refractivity contribution in [2.75, 3.05) is 5.73 Å². The van der Waals surface area contributed by atoms with Gasteiger partial charge in [0, 0.05) is 17.8 Å². The lowest BCUT2D eigenvalue weighted by molar-refractivity contribution is 0.431. The van der Waals surface area contributed by atoms with Crippen LogP contribution in [0.25, 0.3) is 23.1 Å². The largest absolute Gasteiger partial charge is 0.375 e. The third kappa shape index (κ3) is 1.85. The number of nitrogens with zero attached hydrogens (tertiary/aromatic N) is 5. The maximum absolute atomic E-state index is 5.53. The van der Waals surface area contributed by atoms with Gasteiger partial charge < -0.3 is 10.3 Å². The predicted molar refractivity (Wildman–Crippen MR) is 60.8 cm³/mol. The quantitative estimate of drug-likeness (QED) is 0.725. The van der Waals surface area contributed by atoms with Crippen LogP contribution in [0.2, 0.25) is 0 Å². The maximum Gasteiger partial charge on any atom is 0.277 e. The molecule has 0 aliphatic carbocycles. The fourth-order valence-corrected chi connectivity index (χ4v) is 1.77. The van der Waals surface area contributed by atoms with Crippen LogP contribution in [0.5, 0.6) is 0 Å². The Balaban J connectivity index is 1.99. The van der Waals surface area contributed by atoms with Crippen LogP contribution < -0.4 is 5.73 Å². The zero-order valence-electron chi connectivity index (χ0n) is 8.44. The predicted octanol–water partition coefficient (Wildman–Crippen LogP) is 1.23. The van der Waals surface area contributed by atoms with E-state index in [1.807, 2.05) is 0 Å². The van der Waals surface area contributed by atoms with Gasteiger partial charge in [-0.15, -0.1) is 11.3 Å². The molecule has 3 heterocycles. The van der Waals surface area contributed by atoms with E-state index in [9.17, 15) is 0 Å². The lowest BCUT2D eigenvalue weighted by atomic mass is 10.4. The van der Waals surface area contributed by atoms with Crippen LogP contribution in [-0.2, 0) is 0 Å². The molecule has 84 valence electrons. The fourth-order valence-electron chi connectivity index (χ4n) is 1.23. The molecule has 0 aromatic carbocycles. The molecule has 8 heteroatoms. The standard InChI is InChI=1S/C9H6N6OS/c10-9-13-6(4-17-9)8-14-7(15-16-8)5-3-11-1-2-12-5/h1-4H,(H2,10,13). The molecule has 0 saturated heterocycles. The smallest absolute Gasteiger partial charge is 0.277 e. The van der Waals surface area contributed by atoms with Crippen LogP contribution in [0.1, 0.15) is 0 Å². The molecule has 3 aromatic heterocycles. The molecule has 0 amide bonds. The first-order valence-corrected chi connectivity index (χ1v) is 5.52. The van der Waals surface area contributed by atoms with E-state index in [-0.39, 0.29) is 0 Å². The maximum atomic E-state index is 5.53. The van der Waals surface area contributed by atoms with Gasteiger partial charge in [0.1, 0.15) is 11.4 Å². The highest BCUT2D eigenvalue weighted by atomic mass is 32.1. The molecular weight excluding hydrogens is 240 g/mol. The van der Waals surface area contributed by atoms with Gasteiger partial charge in [0.05, 0.1) is 6.20 Å². The molecule has 17 heavy (non-hydrogen) atoms. The third-order valence-corrected chi connectivity index (χ3v) is 2.63. The van der Waals surface area contributed by atoms with Crippen LogP contribution in [-0.4, -0.2) is 25.1 Å². The molecule has 3 aromatic rings. The highest BCUT2D eigenvalue weighted by Gasteiger charge is 2.13. The van der Waals surface area contributed by atoms with Crippen molar-refractivity contribution in [3.05, 3.63) is 24.0 Å². The van der Waals surface area contributed by atoms with Crippen LogP contribution in [0.4, 0.5) is 5.13 Å². The molecule has 7 nitrogen and oxygen atoms in total. The highest BCUT2D eigenvalue weighted by molar-refractivity contribution is 7.13. The average molecular weight is 246 g/mol. The van der Waals surface area contributed by atoms with E-state index in [2.05, 4.69) is 25.1 Å². The molecular formula is C9H6N6OS. The van der Waals surface area contributed by atoms with E-state index in [0.29, 0.717) is 28.2 Å². The Morgan fingerprint density at radius 3 is 2.82 bits per heavy atom. The summed E-state index contributed by atoms with van der Waals surface area (Å²) in [5.74, 6) is 0.693. The first-order valence-electron chi connectivity index (χ1n) is 4.64. The van der Waals surface area contributed by atoms with Crippen molar-refractivity contribution >= 4 is 16.5 Å². The van der Waals surface area contributed by atoms with Gasteiger partial charge in [-0.2, -0.15) is 4.98 Å². The van der Waals surface area contributed by atoms with Gasteiger partial charge in [-0.3, -0.25) is 4.98 Å². The third-order valence-electron chi connectivity index (χ3n) is 1.96. The lowest BCUT2D eigenvalue weighted by Crippen LogP contribution is -1.86. The summed E-state index contributed by atoms with van der Waals surface area (Å²) in [6.45, 7) is 0. The number of nitrogens with two attached hydrogens (primary N) is 1. The van der Waals surface area contributed by atoms with Crippen molar-refractivity contribution in [1.82, 2.24) is 25.1 Å². The van der Waals surface area contributed by atoms with E-state index in [0.717, 1.165) is 0 Å². The Hall–Kier alpha value is -2.35. The monoisotopic (exact) mass is 246 g/mol. The first-order chi connectivity index (χ1) is 8.33. The average Bonchev–Trinajstić information content (AvgIpc) is 2.98. The summed E-state index contributed by atoms with van der Waals surface area (Å²) in [6, 6.07) is 0. The minimum absolute atomic E-state index is 0.318. The van der Waals surface area contributed by atoms with Gasteiger partial charge in [0.25, 0.3) is 5.89 Å². The summed E-state index contributed by atoms with van der Waals surface area (Å²) in [7, 11) is 0. The number of hydrogen-bond acceptors (Lipinski definition) is 8. The number of rotatable bonds is 2. The number of thiazole rings is 1. The summed E-state index contributed by atoms with van der Waals surface area (Å²) in [4.78, 5) is 16.2. The summed E-state index contributed by atoms with van der Waals surface area (Å²) < 4.78 is 5.08. The van der Waals surface area contributed by atoms with Gasteiger partial charge in [0.2, 0.25) is 5.82 Å². The second-order valence-electron chi connectivity index (χ2n) is 3.08. The molecule has 0 aliphatic rings. The number of nitrogen functional groups attached to an aromatic ring is 1. The molecule has 0 bridgehead atoms. The molecule has 2 N–H and O–H groups in total. The Kier molecular flexibility index (Phi) is 2.26. The summed E-state index contributed by atoms with van der Waals surface area (Å²) in [6.07, 6.45) is 4.70. The van der Waals surface area contributed by atoms with Crippen LogP contribution in [0, 0.1) is 0 Å². The Labute approximate surface area is 99.4 Å². The van der Waals surface area contributed by atoms with E-state index in [1.165, 1.54) is 11.3 Å². The molecule has 0 radical (unpaired) electrons. The van der Waals surface area contributed by atoms with Crippen LogP contribution >= 0.6 is 11.3 Å². The molecule has 0 aliphatic heterocycles. The molecule has 0 atom stereocenters. The van der Waals surface area contributed by atoms with E-state index >= 15 is 0 Å². The minimum Gasteiger partial charge on any atom is -0.375 e. The number of aromatic nitrogens is 5. The molecule has 0 saturated carbocycles. The van der Waals surface area contributed by atoms with Gasteiger partial charge in [-0.1, -0.05) is 5.16 Å². The van der Waals surface area contributed by atoms with Gasteiger partial charge in [0.15, 0.2) is 5.13 Å². The first kappa shape index (κ1) is 9.85. The molecule has 0 spiro atoms. The zero-order valence-corrected chi connectivity index (χ0v) is 9.26. The summed E-state index contributed by atoms with van der Waals surface area (Å²) in [5, 5.41) is 6.02. The molecule has 0 unspecified atom stereocenters.